The average molecular weight is 277 g/mol. The van der Waals surface area contributed by atoms with Crippen molar-refractivity contribution in [3.05, 3.63) is 23.8 Å². The first-order valence-corrected chi connectivity index (χ1v) is 7.12. The average Bonchev–Trinajstić information content (AvgIpc) is 3.22. The van der Waals surface area contributed by atoms with Gasteiger partial charge < -0.3 is 20.7 Å². The molecule has 0 aliphatic heterocycles. The molecule has 1 aromatic carbocycles. The van der Waals surface area contributed by atoms with Gasteiger partial charge in [-0.2, -0.15) is 0 Å². The monoisotopic (exact) mass is 277 g/mol. The molecule has 0 spiro atoms. The van der Waals surface area contributed by atoms with Crippen molar-refractivity contribution in [1.82, 2.24) is 10.2 Å². The van der Waals surface area contributed by atoms with Gasteiger partial charge in [-0.3, -0.25) is 4.79 Å². The van der Waals surface area contributed by atoms with E-state index in [1.165, 1.54) is 12.8 Å². The number of hydrogen-bond acceptors (Lipinski definition) is 4. The Morgan fingerprint density at radius 2 is 2.20 bits per heavy atom. The molecule has 1 amide bonds. The molecule has 20 heavy (non-hydrogen) atoms. The fourth-order valence-corrected chi connectivity index (χ4v) is 2.15. The van der Waals surface area contributed by atoms with Crippen molar-refractivity contribution in [2.75, 3.05) is 32.5 Å². The van der Waals surface area contributed by atoms with E-state index < -0.39 is 0 Å². The van der Waals surface area contributed by atoms with Crippen LogP contribution in [0.2, 0.25) is 0 Å². The summed E-state index contributed by atoms with van der Waals surface area (Å²) < 4.78 is 5.39. The van der Waals surface area contributed by atoms with Gasteiger partial charge in [0.1, 0.15) is 5.75 Å². The summed E-state index contributed by atoms with van der Waals surface area (Å²) in [5, 5.41) is 2.92. The summed E-state index contributed by atoms with van der Waals surface area (Å²) in [6.07, 6.45) is 2.55. The summed E-state index contributed by atoms with van der Waals surface area (Å²) in [5.41, 5.74) is 6.87. The Kier molecular flexibility index (Phi) is 4.84. The first-order valence-electron chi connectivity index (χ1n) is 7.12. The smallest absolute Gasteiger partial charge is 0.251 e. The van der Waals surface area contributed by atoms with Crippen LogP contribution in [0.5, 0.6) is 5.75 Å². The molecule has 0 bridgehead atoms. The van der Waals surface area contributed by atoms with E-state index in [1.807, 2.05) is 6.92 Å². The maximum absolute atomic E-state index is 12.1. The van der Waals surface area contributed by atoms with Crippen LogP contribution in [-0.4, -0.2) is 43.6 Å². The number of nitrogens with one attached hydrogen (secondary N) is 1. The van der Waals surface area contributed by atoms with Gasteiger partial charge in [-0.25, -0.2) is 0 Å². The van der Waals surface area contributed by atoms with Gasteiger partial charge in [0.25, 0.3) is 5.91 Å². The molecule has 5 heteroatoms. The number of carbonyl (C=O) groups excluding carboxylic acids is 1. The molecule has 1 saturated carbocycles. The molecule has 1 aliphatic carbocycles. The lowest BCUT2D eigenvalue weighted by atomic mass is 10.1. The van der Waals surface area contributed by atoms with E-state index in [1.54, 1.807) is 18.2 Å². The highest BCUT2D eigenvalue weighted by Crippen LogP contribution is 2.24. The van der Waals surface area contributed by atoms with Crippen LogP contribution in [0.1, 0.15) is 30.1 Å². The van der Waals surface area contributed by atoms with Crippen molar-refractivity contribution in [3.63, 3.8) is 0 Å². The lowest BCUT2D eigenvalue weighted by molar-refractivity contribution is 0.0949. The van der Waals surface area contributed by atoms with Crippen LogP contribution >= 0.6 is 0 Å². The van der Waals surface area contributed by atoms with E-state index in [4.69, 9.17) is 10.5 Å². The fraction of sp³-hybridized carbons (Fsp3) is 0.533. The minimum absolute atomic E-state index is 0.109. The van der Waals surface area contributed by atoms with Crippen LogP contribution in [0.15, 0.2) is 18.2 Å². The van der Waals surface area contributed by atoms with Crippen LogP contribution in [0, 0.1) is 0 Å². The SMILES string of the molecule is CCOc1cc(N)cc(C(=O)NCCN(C)C2CC2)c1. The number of hydrogen-bond donors (Lipinski definition) is 2. The molecule has 0 unspecified atom stereocenters. The van der Waals surface area contributed by atoms with Crippen LogP contribution in [-0.2, 0) is 0 Å². The Bertz CT molecular complexity index is 472. The molecular formula is C15H23N3O2. The van der Waals surface area contributed by atoms with Crippen molar-refractivity contribution in [1.29, 1.82) is 0 Å². The van der Waals surface area contributed by atoms with E-state index in [-0.39, 0.29) is 5.91 Å². The molecule has 1 fully saturated rings. The standard InChI is InChI=1S/C15H23N3O2/c1-3-20-14-9-11(8-12(16)10-14)15(19)17-6-7-18(2)13-4-5-13/h8-10,13H,3-7,16H2,1-2H3,(H,17,19). The topological polar surface area (TPSA) is 67.6 Å². The van der Waals surface area contributed by atoms with Gasteiger partial charge in [0.05, 0.1) is 6.61 Å². The minimum Gasteiger partial charge on any atom is -0.494 e. The lowest BCUT2D eigenvalue weighted by Gasteiger charge is -2.16. The number of nitrogens with zero attached hydrogens (tertiary/aromatic N) is 1. The van der Waals surface area contributed by atoms with Gasteiger partial charge in [0.15, 0.2) is 0 Å². The van der Waals surface area contributed by atoms with Gasteiger partial charge in [-0.1, -0.05) is 0 Å². The number of nitrogen functional groups attached to an aromatic ring is 1. The Balaban J connectivity index is 1.87. The Hall–Kier alpha value is -1.75. The number of rotatable bonds is 7. The third-order valence-corrected chi connectivity index (χ3v) is 3.42. The molecule has 1 aromatic rings. The molecule has 2 rings (SSSR count). The first-order chi connectivity index (χ1) is 9.60. The summed E-state index contributed by atoms with van der Waals surface area (Å²) in [6.45, 7) is 3.97. The predicted molar refractivity (Wildman–Crippen MR) is 80.0 cm³/mol. The third-order valence-electron chi connectivity index (χ3n) is 3.42. The molecule has 0 atom stereocenters. The fourth-order valence-electron chi connectivity index (χ4n) is 2.15. The minimum atomic E-state index is -0.109. The highest BCUT2D eigenvalue weighted by atomic mass is 16.5. The lowest BCUT2D eigenvalue weighted by Crippen LogP contribution is -2.34. The molecule has 5 nitrogen and oxygen atoms in total. The molecule has 110 valence electrons. The zero-order valence-corrected chi connectivity index (χ0v) is 12.2. The second-order valence-corrected chi connectivity index (χ2v) is 5.19. The quantitative estimate of drug-likeness (QED) is 0.741. The number of likely N-dealkylation sites (N-methyl/N-ethyl adjacent to an activating group) is 1. The number of anilines is 1. The normalized spacial score (nSPS) is 14.3. The van der Waals surface area contributed by atoms with Gasteiger partial charge in [0, 0.05) is 36.4 Å². The first kappa shape index (κ1) is 14.7. The zero-order chi connectivity index (χ0) is 14.5. The van der Waals surface area contributed by atoms with E-state index in [2.05, 4.69) is 17.3 Å². The predicted octanol–water partition coefficient (Wildman–Crippen LogP) is 1.49. The van der Waals surface area contributed by atoms with Crippen LogP contribution in [0.25, 0.3) is 0 Å². The Morgan fingerprint density at radius 1 is 1.45 bits per heavy atom. The summed E-state index contributed by atoms with van der Waals surface area (Å²) >= 11 is 0. The van der Waals surface area contributed by atoms with E-state index in [0.717, 1.165) is 6.54 Å². The van der Waals surface area contributed by atoms with Crippen LogP contribution in [0.4, 0.5) is 5.69 Å². The Morgan fingerprint density at radius 3 is 2.85 bits per heavy atom. The summed E-state index contributed by atoms with van der Waals surface area (Å²) in [4.78, 5) is 14.4. The van der Waals surface area contributed by atoms with Crippen LogP contribution in [0.3, 0.4) is 0 Å². The second-order valence-electron chi connectivity index (χ2n) is 5.19. The van der Waals surface area contributed by atoms with Crippen molar-refractivity contribution in [2.45, 2.75) is 25.8 Å². The largest absolute Gasteiger partial charge is 0.494 e. The maximum atomic E-state index is 12.1. The second kappa shape index (κ2) is 6.61. The summed E-state index contributed by atoms with van der Waals surface area (Å²) in [7, 11) is 2.09. The maximum Gasteiger partial charge on any atom is 0.251 e. The molecule has 0 saturated heterocycles. The van der Waals surface area contributed by atoms with E-state index in [9.17, 15) is 4.79 Å². The van der Waals surface area contributed by atoms with Crippen molar-refractivity contribution < 1.29 is 9.53 Å². The highest BCUT2D eigenvalue weighted by molar-refractivity contribution is 5.95. The number of benzene rings is 1. The van der Waals surface area contributed by atoms with Crippen molar-refractivity contribution in [2.24, 2.45) is 0 Å². The van der Waals surface area contributed by atoms with Gasteiger partial charge >= 0.3 is 0 Å². The third kappa shape index (κ3) is 4.13. The number of carbonyl (C=O) groups is 1. The highest BCUT2D eigenvalue weighted by Gasteiger charge is 2.25. The van der Waals surface area contributed by atoms with Crippen molar-refractivity contribution in [3.8, 4) is 5.75 Å². The van der Waals surface area contributed by atoms with Gasteiger partial charge in [0.2, 0.25) is 0 Å². The molecule has 1 aliphatic rings. The number of ether oxygens (including phenoxy) is 1. The van der Waals surface area contributed by atoms with Gasteiger partial charge in [-0.05, 0) is 38.9 Å². The zero-order valence-electron chi connectivity index (χ0n) is 12.2. The van der Waals surface area contributed by atoms with E-state index in [0.29, 0.717) is 36.2 Å². The molecule has 0 aromatic heterocycles. The summed E-state index contributed by atoms with van der Waals surface area (Å²) in [6, 6.07) is 5.83. The van der Waals surface area contributed by atoms with E-state index >= 15 is 0 Å². The number of amides is 1. The molecular weight excluding hydrogens is 254 g/mol. The van der Waals surface area contributed by atoms with Gasteiger partial charge in [-0.15, -0.1) is 0 Å². The number of nitrogens with two attached hydrogens (primary N) is 1. The Labute approximate surface area is 120 Å². The molecule has 0 heterocycles. The molecule has 0 radical (unpaired) electrons. The van der Waals surface area contributed by atoms with Crippen LogP contribution < -0.4 is 15.8 Å². The molecule has 3 N–H and O–H groups in total. The summed E-state index contributed by atoms with van der Waals surface area (Å²) in [5.74, 6) is 0.523. The van der Waals surface area contributed by atoms with Crippen molar-refractivity contribution >= 4 is 11.6 Å².